The molecule has 0 spiro atoms. The van der Waals surface area contributed by atoms with Crippen LogP contribution in [-0.4, -0.2) is 9.13 Å². The molecule has 2 heterocycles. The molecule has 0 saturated carbocycles. The van der Waals surface area contributed by atoms with E-state index in [0.29, 0.717) is 11.4 Å². The van der Waals surface area contributed by atoms with E-state index in [0.717, 1.165) is 83.1 Å². The Morgan fingerprint density at radius 2 is 0.900 bits per heavy atom. The standard InChI is InChI=1S/C53H33F3N4/c1-32-14-5-7-16-36(32)34-24-26-40-38-18-9-11-22-46(38)59(48(40)28-34)50-30-42(52-43(53(54,55)56)20-13-21-44(52)57-3)45(58-4)31-51(50)60-47-23-12-10-19-39(47)41-27-25-35(29-49(41)60)37-17-8-6-15-33(37)2/h5-31H,1-2H3. The minimum absolute atomic E-state index is 0.00212. The number of benzene rings is 8. The van der Waals surface area contributed by atoms with Crippen molar-refractivity contribution in [2.24, 2.45) is 0 Å². The number of hydrogen-bond donors (Lipinski definition) is 0. The quantitative estimate of drug-likeness (QED) is 0.155. The molecule has 0 aliphatic heterocycles. The molecule has 0 fully saturated rings. The van der Waals surface area contributed by atoms with Gasteiger partial charge in [-0.15, -0.1) is 0 Å². The molecule has 0 saturated heterocycles. The van der Waals surface area contributed by atoms with E-state index in [2.05, 4.69) is 105 Å². The molecule has 0 aliphatic rings. The van der Waals surface area contributed by atoms with Gasteiger partial charge in [0.05, 0.1) is 52.1 Å². The predicted molar refractivity (Wildman–Crippen MR) is 238 cm³/mol. The topological polar surface area (TPSA) is 18.6 Å². The number of halogens is 3. The molecular formula is C53H33F3N4. The third kappa shape index (κ3) is 5.67. The molecule has 286 valence electrons. The van der Waals surface area contributed by atoms with Crippen molar-refractivity contribution in [3.63, 3.8) is 0 Å². The molecular weight excluding hydrogens is 750 g/mol. The summed E-state index contributed by atoms with van der Waals surface area (Å²) in [4.78, 5) is 7.50. The van der Waals surface area contributed by atoms with Crippen molar-refractivity contribution in [2.75, 3.05) is 0 Å². The van der Waals surface area contributed by atoms with Gasteiger partial charge in [-0.05, 0) is 94.8 Å². The van der Waals surface area contributed by atoms with Crippen LogP contribution in [0.15, 0.2) is 164 Å². The second-order valence-corrected chi connectivity index (χ2v) is 15.1. The first-order valence-electron chi connectivity index (χ1n) is 19.5. The first-order chi connectivity index (χ1) is 29.2. The second-order valence-electron chi connectivity index (χ2n) is 15.1. The number of hydrogen-bond acceptors (Lipinski definition) is 0. The van der Waals surface area contributed by atoms with Crippen LogP contribution < -0.4 is 0 Å². The van der Waals surface area contributed by atoms with Crippen LogP contribution in [0.3, 0.4) is 0 Å². The molecule has 0 amide bonds. The first kappa shape index (κ1) is 36.5. The third-order valence-corrected chi connectivity index (χ3v) is 11.7. The predicted octanol–water partition coefficient (Wildman–Crippen LogP) is 15.6. The highest BCUT2D eigenvalue weighted by molar-refractivity contribution is 6.13. The zero-order chi connectivity index (χ0) is 41.3. The summed E-state index contributed by atoms with van der Waals surface area (Å²) in [6.45, 7) is 20.7. The van der Waals surface area contributed by atoms with Gasteiger partial charge in [0.25, 0.3) is 0 Å². The Kier molecular flexibility index (Phi) is 8.45. The maximum absolute atomic E-state index is 15.0. The van der Waals surface area contributed by atoms with Crippen molar-refractivity contribution >= 4 is 55.0 Å². The monoisotopic (exact) mass is 782 g/mol. The molecule has 10 aromatic rings. The highest BCUT2D eigenvalue weighted by atomic mass is 19.4. The van der Waals surface area contributed by atoms with Crippen LogP contribution in [-0.2, 0) is 6.18 Å². The second kappa shape index (κ2) is 13.9. The molecule has 0 atom stereocenters. The van der Waals surface area contributed by atoms with Crippen molar-refractivity contribution in [3.8, 4) is 44.8 Å². The van der Waals surface area contributed by atoms with Crippen molar-refractivity contribution in [1.29, 1.82) is 0 Å². The number of para-hydroxylation sites is 2. The average Bonchev–Trinajstić information content (AvgIpc) is 3.77. The molecule has 0 aliphatic carbocycles. The van der Waals surface area contributed by atoms with Gasteiger partial charge in [-0.3, -0.25) is 0 Å². The van der Waals surface area contributed by atoms with Crippen molar-refractivity contribution < 1.29 is 13.2 Å². The van der Waals surface area contributed by atoms with E-state index >= 15 is 0 Å². The fourth-order valence-corrected chi connectivity index (χ4v) is 8.96. The highest BCUT2D eigenvalue weighted by Gasteiger charge is 2.36. The molecule has 0 N–H and O–H groups in total. The lowest BCUT2D eigenvalue weighted by atomic mass is 9.94. The molecule has 10 rings (SSSR count). The lowest BCUT2D eigenvalue weighted by Gasteiger charge is -2.22. The van der Waals surface area contributed by atoms with Gasteiger partial charge in [0.2, 0.25) is 0 Å². The van der Waals surface area contributed by atoms with Gasteiger partial charge in [-0.2, -0.15) is 13.2 Å². The Labute approximate surface area is 344 Å². The number of aryl methyl sites for hydroxylation is 2. The Morgan fingerprint density at radius 1 is 0.433 bits per heavy atom. The smallest absolute Gasteiger partial charge is 0.308 e. The van der Waals surface area contributed by atoms with Crippen LogP contribution >= 0.6 is 0 Å². The number of rotatable bonds is 5. The fourth-order valence-electron chi connectivity index (χ4n) is 8.96. The molecule has 7 heteroatoms. The number of fused-ring (bicyclic) bond motifs is 6. The molecule has 2 aromatic heterocycles. The van der Waals surface area contributed by atoms with E-state index < -0.39 is 11.7 Å². The van der Waals surface area contributed by atoms with E-state index in [9.17, 15) is 13.2 Å². The highest BCUT2D eigenvalue weighted by Crippen LogP contribution is 2.49. The van der Waals surface area contributed by atoms with Gasteiger partial charge >= 0.3 is 6.18 Å². The van der Waals surface area contributed by atoms with E-state index in [-0.39, 0.29) is 22.5 Å². The largest absolute Gasteiger partial charge is 0.415 e. The van der Waals surface area contributed by atoms with Crippen LogP contribution in [0.2, 0.25) is 0 Å². The lowest BCUT2D eigenvalue weighted by Crippen LogP contribution is -2.08. The van der Waals surface area contributed by atoms with Crippen LogP contribution in [0.5, 0.6) is 0 Å². The molecule has 0 bridgehead atoms. The maximum atomic E-state index is 15.0. The summed E-state index contributed by atoms with van der Waals surface area (Å²) in [5.41, 5.74) is 9.52. The van der Waals surface area contributed by atoms with Gasteiger partial charge in [-0.25, -0.2) is 9.69 Å². The van der Waals surface area contributed by atoms with Gasteiger partial charge in [-0.1, -0.05) is 127 Å². The summed E-state index contributed by atoms with van der Waals surface area (Å²) in [5, 5.41) is 3.91. The van der Waals surface area contributed by atoms with Gasteiger partial charge in [0, 0.05) is 21.5 Å². The summed E-state index contributed by atoms with van der Waals surface area (Å²) in [6, 6.07) is 52.2. The van der Waals surface area contributed by atoms with Gasteiger partial charge in [0.15, 0.2) is 11.4 Å². The van der Waals surface area contributed by atoms with Gasteiger partial charge in [0.1, 0.15) is 0 Å². The van der Waals surface area contributed by atoms with Crippen molar-refractivity contribution in [3.05, 3.63) is 203 Å². The van der Waals surface area contributed by atoms with Gasteiger partial charge < -0.3 is 9.13 Å². The van der Waals surface area contributed by atoms with Crippen LogP contribution in [0, 0.1) is 27.0 Å². The molecule has 60 heavy (non-hydrogen) atoms. The average molecular weight is 783 g/mol. The fraction of sp³-hybridized carbons (Fsp3) is 0.0566. The summed E-state index contributed by atoms with van der Waals surface area (Å²) in [7, 11) is 0. The first-order valence-corrected chi connectivity index (χ1v) is 19.5. The van der Waals surface area contributed by atoms with Crippen molar-refractivity contribution in [1.82, 2.24) is 9.13 Å². The SMILES string of the molecule is [C-]#[N+]c1cc(-n2c3ccccc3c3ccc(-c4ccccc4C)cc32)c(-n2c3ccccc3c3ccc(-c4ccccc4C)cc32)cc1-c1c([N+]#[C-])cccc1C(F)(F)F. The molecule has 4 nitrogen and oxygen atoms in total. The minimum Gasteiger partial charge on any atom is -0.308 e. The van der Waals surface area contributed by atoms with E-state index in [1.807, 2.05) is 60.7 Å². The summed E-state index contributed by atoms with van der Waals surface area (Å²) in [5.74, 6) is 0. The molecule has 0 radical (unpaired) electrons. The number of aromatic nitrogens is 2. The lowest BCUT2D eigenvalue weighted by molar-refractivity contribution is -0.137. The molecule has 8 aromatic carbocycles. The summed E-state index contributed by atoms with van der Waals surface area (Å²) >= 11 is 0. The zero-order valence-electron chi connectivity index (χ0n) is 32.5. The zero-order valence-corrected chi connectivity index (χ0v) is 32.5. The van der Waals surface area contributed by atoms with E-state index in [4.69, 9.17) is 13.1 Å². The van der Waals surface area contributed by atoms with E-state index in [1.54, 1.807) is 12.1 Å². The number of alkyl halides is 3. The number of nitrogens with zero attached hydrogens (tertiary/aromatic N) is 4. The summed E-state index contributed by atoms with van der Waals surface area (Å²) < 4.78 is 49.2. The van der Waals surface area contributed by atoms with E-state index in [1.165, 1.54) is 12.1 Å². The Balaban J connectivity index is 1.40. The summed E-state index contributed by atoms with van der Waals surface area (Å²) in [6.07, 6.45) is -4.79. The Hall–Kier alpha value is -7.87. The third-order valence-electron chi connectivity index (χ3n) is 11.7. The Morgan fingerprint density at radius 3 is 1.40 bits per heavy atom. The minimum atomic E-state index is -4.79. The maximum Gasteiger partial charge on any atom is 0.415 e. The molecule has 0 unspecified atom stereocenters. The van der Waals surface area contributed by atoms with Crippen LogP contribution in [0.25, 0.3) is 98.1 Å². The van der Waals surface area contributed by atoms with Crippen molar-refractivity contribution in [2.45, 2.75) is 20.0 Å². The Bertz CT molecular complexity index is 3480. The van der Waals surface area contributed by atoms with Crippen LogP contribution in [0.1, 0.15) is 16.7 Å². The van der Waals surface area contributed by atoms with Crippen LogP contribution in [0.4, 0.5) is 24.5 Å². The normalized spacial score (nSPS) is 11.7.